The summed E-state index contributed by atoms with van der Waals surface area (Å²) >= 11 is 0. The third kappa shape index (κ3) is 5.39. The quantitative estimate of drug-likeness (QED) is 0.444. The highest BCUT2D eigenvalue weighted by Crippen LogP contribution is 1.82. The lowest BCUT2D eigenvalue weighted by atomic mass is 10.6. The summed E-state index contributed by atoms with van der Waals surface area (Å²) in [6, 6.07) is 0. The van der Waals surface area contributed by atoms with E-state index in [2.05, 4.69) is 6.58 Å². The first-order valence-electron chi connectivity index (χ1n) is 1.83. The van der Waals surface area contributed by atoms with Gasteiger partial charge in [-0.3, -0.25) is 4.55 Å². The fourth-order valence-electron chi connectivity index (χ4n) is 0.155. The van der Waals surface area contributed by atoms with Crippen LogP contribution in [0.4, 0.5) is 0 Å². The van der Waals surface area contributed by atoms with Crippen molar-refractivity contribution in [2.24, 2.45) is 0 Å². The van der Waals surface area contributed by atoms with Gasteiger partial charge in [0.2, 0.25) is 0 Å². The van der Waals surface area contributed by atoms with Crippen LogP contribution in [0.25, 0.3) is 0 Å². The van der Waals surface area contributed by atoms with Gasteiger partial charge >= 0.3 is 0 Å². The zero-order chi connectivity index (χ0) is 6.62. The molecule has 8 heavy (non-hydrogen) atoms. The minimum absolute atomic E-state index is 0.653. The lowest BCUT2D eigenvalue weighted by Gasteiger charge is -1.77. The van der Waals surface area contributed by atoms with E-state index < -0.39 is 10.1 Å². The maximum absolute atomic E-state index is 9.81. The zero-order valence-electron chi connectivity index (χ0n) is 4.11. The third-order valence-corrected chi connectivity index (χ3v) is 0.888. The first-order valence-corrected chi connectivity index (χ1v) is 3.33. The Hall–Kier alpha value is -0.610. The van der Waals surface area contributed by atoms with E-state index in [4.69, 9.17) is 4.55 Å². The molecule has 0 amide bonds. The third-order valence-electron chi connectivity index (χ3n) is 0.387. The second kappa shape index (κ2) is 2.64. The molecule has 0 rings (SSSR count). The molecule has 0 aromatic carbocycles. The molecule has 46 valence electrons. The molecule has 0 saturated carbocycles. The van der Waals surface area contributed by atoms with Gasteiger partial charge in [-0.25, -0.2) is 0 Å². The zero-order valence-corrected chi connectivity index (χ0v) is 4.93. The van der Waals surface area contributed by atoms with Crippen LogP contribution in [-0.2, 0) is 10.1 Å². The molecule has 0 radical (unpaired) electrons. The molecule has 3 nitrogen and oxygen atoms in total. The van der Waals surface area contributed by atoms with Crippen molar-refractivity contribution in [2.75, 3.05) is 0 Å². The van der Waals surface area contributed by atoms with E-state index in [1.165, 1.54) is 6.08 Å². The predicted molar refractivity (Wildman–Crippen MR) is 30.9 cm³/mol. The smallest absolute Gasteiger partial charge is 0.282 e. The van der Waals surface area contributed by atoms with Gasteiger partial charge in [0.1, 0.15) is 0 Å². The van der Waals surface area contributed by atoms with Crippen LogP contribution in [-0.4, -0.2) is 13.0 Å². The lowest BCUT2D eigenvalue weighted by Crippen LogP contribution is -1.87. The van der Waals surface area contributed by atoms with E-state index in [9.17, 15) is 8.42 Å². The van der Waals surface area contributed by atoms with Gasteiger partial charge in [-0.2, -0.15) is 8.42 Å². The van der Waals surface area contributed by atoms with Gasteiger partial charge in [0.15, 0.2) is 0 Å². The molecule has 1 N–H and O–H groups in total. The summed E-state index contributed by atoms with van der Waals surface area (Å²) in [4.78, 5) is 0. The Kier molecular flexibility index (Phi) is 2.44. The lowest BCUT2D eigenvalue weighted by molar-refractivity contribution is 0.494. The molecule has 0 heterocycles. The SMILES string of the molecule is C=C/C=C/S(=O)(=O)O. The summed E-state index contributed by atoms with van der Waals surface area (Å²) in [7, 11) is -3.94. The normalized spacial score (nSPS) is 12.1. The van der Waals surface area contributed by atoms with Crippen molar-refractivity contribution >= 4 is 10.1 Å². The highest BCUT2D eigenvalue weighted by atomic mass is 32.2. The Morgan fingerprint density at radius 1 is 1.50 bits per heavy atom. The molecule has 4 heteroatoms. The van der Waals surface area contributed by atoms with E-state index in [-0.39, 0.29) is 0 Å². The van der Waals surface area contributed by atoms with E-state index in [0.717, 1.165) is 6.08 Å². The van der Waals surface area contributed by atoms with Gasteiger partial charge in [-0.05, 0) is 6.08 Å². The van der Waals surface area contributed by atoms with Gasteiger partial charge in [0, 0.05) is 0 Å². The summed E-state index contributed by atoms with van der Waals surface area (Å²) < 4.78 is 27.6. The van der Waals surface area contributed by atoms with Crippen LogP contribution in [0, 0.1) is 0 Å². The predicted octanol–water partition coefficient (Wildman–Crippen LogP) is 0.574. The van der Waals surface area contributed by atoms with E-state index >= 15 is 0 Å². The first kappa shape index (κ1) is 7.39. The highest BCUT2D eigenvalue weighted by Gasteiger charge is 1.90. The van der Waals surface area contributed by atoms with Gasteiger partial charge in [-0.15, -0.1) is 0 Å². The van der Waals surface area contributed by atoms with Crippen LogP contribution < -0.4 is 0 Å². The molecule has 0 aliphatic rings. The van der Waals surface area contributed by atoms with Crippen molar-refractivity contribution in [3.8, 4) is 0 Å². The number of rotatable bonds is 2. The molecule has 0 aliphatic carbocycles. The molecule has 0 saturated heterocycles. The maximum atomic E-state index is 9.81. The summed E-state index contributed by atoms with van der Waals surface area (Å²) in [6.45, 7) is 3.20. The van der Waals surface area contributed by atoms with Crippen LogP contribution in [0.3, 0.4) is 0 Å². The second-order valence-corrected chi connectivity index (χ2v) is 2.38. The summed E-state index contributed by atoms with van der Waals surface area (Å²) in [6.07, 6.45) is 2.39. The Morgan fingerprint density at radius 2 is 2.00 bits per heavy atom. The van der Waals surface area contributed by atoms with Crippen molar-refractivity contribution in [3.05, 3.63) is 24.1 Å². The summed E-state index contributed by atoms with van der Waals surface area (Å²) in [5.41, 5.74) is 0. The second-order valence-electron chi connectivity index (χ2n) is 1.08. The largest absolute Gasteiger partial charge is 0.287 e. The number of allylic oxidation sites excluding steroid dienone is 2. The molecule has 0 spiro atoms. The topological polar surface area (TPSA) is 54.4 Å². The fourth-order valence-corrected chi connectivity index (χ4v) is 0.465. The highest BCUT2D eigenvalue weighted by molar-refractivity contribution is 7.88. The van der Waals surface area contributed by atoms with E-state index in [0.29, 0.717) is 5.41 Å². The molecule has 0 fully saturated rings. The summed E-state index contributed by atoms with van der Waals surface area (Å²) in [5.74, 6) is 0. The minimum Gasteiger partial charge on any atom is -0.282 e. The van der Waals surface area contributed by atoms with Crippen LogP contribution in [0.15, 0.2) is 24.1 Å². The molecule has 0 aromatic heterocycles. The molecule has 0 unspecified atom stereocenters. The molecule has 0 aromatic rings. The van der Waals surface area contributed by atoms with Gasteiger partial charge in [0.05, 0.1) is 5.41 Å². The van der Waals surface area contributed by atoms with Gasteiger partial charge in [-0.1, -0.05) is 12.7 Å². The Balaban J connectivity index is 4.12. The van der Waals surface area contributed by atoms with Crippen molar-refractivity contribution < 1.29 is 13.0 Å². The van der Waals surface area contributed by atoms with Gasteiger partial charge in [0.25, 0.3) is 10.1 Å². The van der Waals surface area contributed by atoms with Crippen molar-refractivity contribution in [1.29, 1.82) is 0 Å². The average molecular weight is 134 g/mol. The Labute approximate surface area is 48.1 Å². The van der Waals surface area contributed by atoms with Crippen LogP contribution >= 0.6 is 0 Å². The first-order chi connectivity index (χ1) is 3.56. The van der Waals surface area contributed by atoms with E-state index in [1.54, 1.807) is 0 Å². The van der Waals surface area contributed by atoms with Gasteiger partial charge < -0.3 is 0 Å². The maximum Gasteiger partial charge on any atom is 0.287 e. The van der Waals surface area contributed by atoms with Crippen molar-refractivity contribution in [1.82, 2.24) is 0 Å². The number of hydrogen-bond acceptors (Lipinski definition) is 2. The fraction of sp³-hybridized carbons (Fsp3) is 0. The van der Waals surface area contributed by atoms with Crippen LogP contribution in [0.2, 0.25) is 0 Å². The monoisotopic (exact) mass is 134 g/mol. The molecule has 0 aliphatic heterocycles. The molecule has 0 bridgehead atoms. The van der Waals surface area contributed by atoms with Crippen molar-refractivity contribution in [2.45, 2.75) is 0 Å². The average Bonchev–Trinajstić information content (AvgIpc) is 1.59. The molecular weight excluding hydrogens is 128 g/mol. The molecule has 0 atom stereocenters. The Bertz CT molecular complexity index is 187. The summed E-state index contributed by atoms with van der Waals surface area (Å²) in [5, 5.41) is 0.653. The van der Waals surface area contributed by atoms with Crippen LogP contribution in [0.5, 0.6) is 0 Å². The standard InChI is InChI=1S/C4H6O3S/c1-2-3-4-8(5,6)7/h2-4H,1H2,(H,5,6,7)/b4-3+. The molecular formula is C4H6O3S. The minimum atomic E-state index is -3.94. The Morgan fingerprint density at radius 3 is 2.12 bits per heavy atom. The number of hydrogen-bond donors (Lipinski definition) is 1. The van der Waals surface area contributed by atoms with Crippen molar-refractivity contribution in [3.63, 3.8) is 0 Å². The van der Waals surface area contributed by atoms with Crippen LogP contribution in [0.1, 0.15) is 0 Å². The van der Waals surface area contributed by atoms with E-state index in [1.807, 2.05) is 0 Å².